The van der Waals surface area contributed by atoms with Crippen molar-refractivity contribution in [2.75, 3.05) is 18.1 Å². The summed E-state index contributed by atoms with van der Waals surface area (Å²) in [6, 6.07) is 21.5. The largest absolute Gasteiger partial charge is 0.492 e. The summed E-state index contributed by atoms with van der Waals surface area (Å²) in [6.07, 6.45) is 0.287. The van der Waals surface area contributed by atoms with E-state index in [9.17, 15) is 9.18 Å². The molecule has 0 aliphatic carbocycles. The molecule has 5 nitrogen and oxygen atoms in total. The van der Waals surface area contributed by atoms with Crippen molar-refractivity contribution in [2.45, 2.75) is 18.9 Å². The van der Waals surface area contributed by atoms with Gasteiger partial charge in [-0.15, -0.1) is 0 Å². The van der Waals surface area contributed by atoms with Gasteiger partial charge in [-0.05, 0) is 48.5 Å². The van der Waals surface area contributed by atoms with Gasteiger partial charge in [0, 0.05) is 23.9 Å². The van der Waals surface area contributed by atoms with E-state index in [1.807, 2.05) is 36.4 Å². The minimum absolute atomic E-state index is 0.101. The van der Waals surface area contributed by atoms with Crippen LogP contribution in [0.3, 0.4) is 0 Å². The summed E-state index contributed by atoms with van der Waals surface area (Å²) < 4.78 is 22.3. The number of hydrogen-bond acceptors (Lipinski definition) is 3. The van der Waals surface area contributed by atoms with Crippen molar-refractivity contribution in [3.05, 3.63) is 89.5 Å². The van der Waals surface area contributed by atoms with Crippen LogP contribution in [0.1, 0.15) is 18.2 Å². The number of anilines is 1. The van der Waals surface area contributed by atoms with E-state index in [1.165, 1.54) is 11.0 Å². The normalized spacial score (nSPS) is 16.1. The first-order valence-electron chi connectivity index (χ1n) is 10.5. The Morgan fingerprint density at radius 1 is 1.03 bits per heavy atom. The molecule has 3 aromatic carbocycles. The van der Waals surface area contributed by atoms with Crippen molar-refractivity contribution >= 4 is 34.2 Å². The van der Waals surface area contributed by atoms with Crippen molar-refractivity contribution < 1.29 is 13.9 Å². The van der Waals surface area contributed by atoms with Crippen LogP contribution < -0.4 is 9.64 Å². The molecule has 1 fully saturated rings. The van der Waals surface area contributed by atoms with Crippen LogP contribution >= 0.6 is 11.6 Å². The molecular formula is C25H21ClFN3O2. The predicted octanol–water partition coefficient (Wildman–Crippen LogP) is 5.43. The Morgan fingerprint density at radius 3 is 2.59 bits per heavy atom. The standard InChI is InChI=1S/C25H21ClFN3O2/c26-18-9-11-19(12-10-18)32-14-13-29-23-8-4-2-6-21(23)28-25(29)17-15-24(31)30(16-17)22-7-3-1-5-20(22)27/h1-12,17H,13-16H2. The molecule has 0 bridgehead atoms. The zero-order valence-electron chi connectivity index (χ0n) is 17.2. The minimum atomic E-state index is -0.397. The Hall–Kier alpha value is -3.38. The second-order valence-corrected chi connectivity index (χ2v) is 8.21. The molecule has 1 aromatic heterocycles. The first-order valence-corrected chi connectivity index (χ1v) is 10.9. The smallest absolute Gasteiger partial charge is 0.227 e. The molecule has 1 unspecified atom stereocenters. The molecule has 4 aromatic rings. The van der Waals surface area contributed by atoms with E-state index < -0.39 is 5.82 Å². The summed E-state index contributed by atoms with van der Waals surface area (Å²) >= 11 is 5.94. The third-order valence-electron chi connectivity index (χ3n) is 5.71. The fourth-order valence-corrected chi connectivity index (χ4v) is 4.34. The molecule has 0 saturated carbocycles. The van der Waals surface area contributed by atoms with Crippen LogP contribution in [0.4, 0.5) is 10.1 Å². The summed E-state index contributed by atoms with van der Waals surface area (Å²) in [7, 11) is 0. The SMILES string of the molecule is O=C1CC(c2nc3ccccc3n2CCOc2ccc(Cl)cc2)CN1c1ccccc1F. The van der Waals surface area contributed by atoms with Crippen molar-refractivity contribution in [1.82, 2.24) is 9.55 Å². The van der Waals surface area contributed by atoms with E-state index in [0.29, 0.717) is 30.4 Å². The lowest BCUT2D eigenvalue weighted by atomic mass is 10.1. The third kappa shape index (κ3) is 3.94. The van der Waals surface area contributed by atoms with Crippen molar-refractivity contribution in [2.24, 2.45) is 0 Å². The van der Waals surface area contributed by atoms with Crippen LogP contribution in [-0.2, 0) is 11.3 Å². The molecule has 0 N–H and O–H groups in total. The van der Waals surface area contributed by atoms with Gasteiger partial charge in [0.25, 0.3) is 0 Å². The van der Waals surface area contributed by atoms with Crippen molar-refractivity contribution in [1.29, 1.82) is 0 Å². The van der Waals surface area contributed by atoms with Crippen LogP contribution in [0.15, 0.2) is 72.8 Å². The van der Waals surface area contributed by atoms with E-state index in [4.69, 9.17) is 21.3 Å². The summed E-state index contributed by atoms with van der Waals surface area (Å²) in [5.74, 6) is 0.924. The van der Waals surface area contributed by atoms with Crippen LogP contribution in [-0.4, -0.2) is 28.6 Å². The summed E-state index contributed by atoms with van der Waals surface area (Å²) in [6.45, 7) is 1.40. The van der Waals surface area contributed by atoms with Gasteiger partial charge in [0.1, 0.15) is 24.0 Å². The number of benzene rings is 3. The number of carbonyl (C=O) groups excluding carboxylic acids is 1. The lowest BCUT2D eigenvalue weighted by Crippen LogP contribution is -2.25. The number of rotatable bonds is 6. The molecule has 2 heterocycles. The minimum Gasteiger partial charge on any atom is -0.492 e. The Labute approximate surface area is 190 Å². The Bertz CT molecular complexity index is 1270. The number of halogens is 2. The zero-order valence-corrected chi connectivity index (χ0v) is 18.0. The van der Waals surface area contributed by atoms with E-state index in [2.05, 4.69) is 4.57 Å². The summed E-state index contributed by atoms with van der Waals surface area (Å²) in [5, 5.41) is 0.658. The molecule has 162 valence electrons. The second kappa shape index (κ2) is 8.63. The number of aromatic nitrogens is 2. The van der Waals surface area contributed by atoms with Gasteiger partial charge in [0.2, 0.25) is 5.91 Å². The lowest BCUT2D eigenvalue weighted by molar-refractivity contribution is -0.117. The maximum atomic E-state index is 14.3. The van der Waals surface area contributed by atoms with Crippen molar-refractivity contribution in [3.63, 3.8) is 0 Å². The van der Waals surface area contributed by atoms with Crippen molar-refractivity contribution in [3.8, 4) is 5.75 Å². The fraction of sp³-hybridized carbons (Fsp3) is 0.200. The molecule has 0 radical (unpaired) electrons. The first kappa shape index (κ1) is 20.5. The molecule has 1 aliphatic rings. The van der Waals surface area contributed by atoms with Gasteiger partial charge in [-0.1, -0.05) is 35.9 Å². The maximum Gasteiger partial charge on any atom is 0.227 e. The first-order chi connectivity index (χ1) is 15.6. The number of fused-ring (bicyclic) bond motifs is 1. The van der Waals surface area contributed by atoms with E-state index in [0.717, 1.165) is 22.6 Å². The van der Waals surface area contributed by atoms with E-state index >= 15 is 0 Å². The highest BCUT2D eigenvalue weighted by Crippen LogP contribution is 2.34. The lowest BCUT2D eigenvalue weighted by Gasteiger charge is -2.18. The fourth-order valence-electron chi connectivity index (χ4n) is 4.21. The van der Waals surface area contributed by atoms with Crippen LogP contribution in [0.2, 0.25) is 5.02 Å². The highest BCUT2D eigenvalue weighted by molar-refractivity contribution is 6.30. The molecule has 7 heteroatoms. The van der Waals surface area contributed by atoms with Gasteiger partial charge in [0.15, 0.2) is 0 Å². The average molecular weight is 450 g/mol. The number of carbonyl (C=O) groups is 1. The number of amides is 1. The molecular weight excluding hydrogens is 429 g/mol. The Balaban J connectivity index is 1.41. The van der Waals surface area contributed by atoms with Gasteiger partial charge < -0.3 is 14.2 Å². The van der Waals surface area contributed by atoms with E-state index in [-0.39, 0.29) is 18.2 Å². The second-order valence-electron chi connectivity index (χ2n) is 7.77. The number of ether oxygens (including phenoxy) is 1. The number of hydrogen-bond donors (Lipinski definition) is 0. The number of para-hydroxylation sites is 3. The molecule has 1 amide bonds. The van der Waals surface area contributed by atoms with Crippen LogP contribution in [0, 0.1) is 5.82 Å². The highest BCUT2D eigenvalue weighted by atomic mass is 35.5. The Kier molecular flexibility index (Phi) is 5.53. The van der Waals surface area contributed by atoms with Gasteiger partial charge in [0.05, 0.1) is 23.3 Å². The van der Waals surface area contributed by atoms with Gasteiger partial charge >= 0.3 is 0 Å². The van der Waals surface area contributed by atoms with E-state index in [1.54, 1.807) is 30.3 Å². The molecule has 5 rings (SSSR count). The quantitative estimate of drug-likeness (QED) is 0.394. The molecule has 1 atom stereocenters. The summed E-state index contributed by atoms with van der Waals surface area (Å²) in [4.78, 5) is 19.1. The van der Waals surface area contributed by atoms with Crippen LogP contribution in [0.25, 0.3) is 11.0 Å². The average Bonchev–Trinajstić information content (AvgIpc) is 3.36. The Morgan fingerprint density at radius 2 is 1.78 bits per heavy atom. The molecule has 1 saturated heterocycles. The molecule has 0 spiro atoms. The van der Waals surface area contributed by atoms with Gasteiger partial charge in [-0.2, -0.15) is 0 Å². The van der Waals surface area contributed by atoms with Gasteiger partial charge in [-0.25, -0.2) is 9.37 Å². The third-order valence-corrected chi connectivity index (χ3v) is 5.97. The monoisotopic (exact) mass is 449 g/mol. The highest BCUT2D eigenvalue weighted by Gasteiger charge is 2.35. The summed E-state index contributed by atoms with van der Waals surface area (Å²) in [5.41, 5.74) is 2.17. The predicted molar refractivity (Wildman–Crippen MR) is 123 cm³/mol. The van der Waals surface area contributed by atoms with Gasteiger partial charge in [-0.3, -0.25) is 4.79 Å². The molecule has 1 aliphatic heterocycles. The number of nitrogens with zero attached hydrogens (tertiary/aromatic N) is 3. The van der Waals surface area contributed by atoms with Crippen LogP contribution in [0.5, 0.6) is 5.75 Å². The number of imidazole rings is 1. The zero-order chi connectivity index (χ0) is 22.1. The maximum absolute atomic E-state index is 14.3. The molecule has 32 heavy (non-hydrogen) atoms. The topological polar surface area (TPSA) is 47.4 Å².